The van der Waals surface area contributed by atoms with Crippen molar-refractivity contribution < 1.29 is 4.39 Å². The Bertz CT molecular complexity index is 470. The van der Waals surface area contributed by atoms with Crippen LogP contribution in [0.4, 0.5) is 10.1 Å². The molecule has 0 fully saturated rings. The lowest BCUT2D eigenvalue weighted by atomic mass is 10.1. The van der Waals surface area contributed by atoms with Gasteiger partial charge in [-0.25, -0.2) is 9.37 Å². The Labute approximate surface area is 79.1 Å². The van der Waals surface area contributed by atoms with Crippen molar-refractivity contribution in [1.82, 2.24) is 4.98 Å². The molecule has 0 unspecified atom stereocenters. The Kier molecular flexibility index (Phi) is 1.81. The molecule has 66 valence electrons. The van der Waals surface area contributed by atoms with Crippen LogP contribution >= 0.6 is 11.6 Å². The molecule has 13 heavy (non-hydrogen) atoms. The molecular weight excluding hydrogens is 191 g/mol. The molecule has 1 heterocycles. The van der Waals surface area contributed by atoms with Gasteiger partial charge in [-0.2, -0.15) is 0 Å². The molecule has 0 aliphatic rings. The standard InChI is InChI=1S/C9H6ClFN2/c10-9-6-2-1-5(12)3-7(6)8(11)4-13-9/h1-4H,12H2. The highest BCUT2D eigenvalue weighted by molar-refractivity contribution is 6.34. The van der Waals surface area contributed by atoms with Crippen LogP contribution in [0, 0.1) is 5.82 Å². The zero-order chi connectivity index (χ0) is 9.42. The fourth-order valence-corrected chi connectivity index (χ4v) is 1.41. The smallest absolute Gasteiger partial charge is 0.149 e. The molecule has 0 saturated carbocycles. The number of nitrogens with zero attached hydrogens (tertiary/aromatic N) is 1. The number of nitrogens with two attached hydrogens (primary N) is 1. The molecule has 1 aromatic carbocycles. The van der Waals surface area contributed by atoms with E-state index in [-0.39, 0.29) is 5.15 Å². The summed E-state index contributed by atoms with van der Waals surface area (Å²) in [5.74, 6) is -0.410. The second-order valence-electron chi connectivity index (χ2n) is 2.70. The second-order valence-corrected chi connectivity index (χ2v) is 3.06. The monoisotopic (exact) mass is 196 g/mol. The van der Waals surface area contributed by atoms with Gasteiger partial charge in [0.25, 0.3) is 0 Å². The van der Waals surface area contributed by atoms with Crippen LogP contribution in [0.15, 0.2) is 24.4 Å². The minimum absolute atomic E-state index is 0.288. The molecule has 0 bridgehead atoms. The number of hydrogen-bond donors (Lipinski definition) is 1. The van der Waals surface area contributed by atoms with Crippen LogP contribution in [-0.4, -0.2) is 4.98 Å². The summed E-state index contributed by atoms with van der Waals surface area (Å²) in [4.78, 5) is 3.69. The van der Waals surface area contributed by atoms with Gasteiger partial charge in [-0.1, -0.05) is 11.6 Å². The third-order valence-corrected chi connectivity index (χ3v) is 2.12. The van der Waals surface area contributed by atoms with Crippen molar-refractivity contribution in [1.29, 1.82) is 0 Å². The molecule has 0 saturated heterocycles. The fraction of sp³-hybridized carbons (Fsp3) is 0. The van der Waals surface area contributed by atoms with Gasteiger partial charge < -0.3 is 5.73 Å². The minimum atomic E-state index is -0.410. The Morgan fingerprint density at radius 3 is 2.85 bits per heavy atom. The van der Waals surface area contributed by atoms with E-state index >= 15 is 0 Å². The molecular formula is C9H6ClFN2. The Morgan fingerprint density at radius 2 is 2.08 bits per heavy atom. The zero-order valence-corrected chi connectivity index (χ0v) is 7.35. The van der Waals surface area contributed by atoms with Crippen molar-refractivity contribution >= 4 is 28.1 Å². The molecule has 0 radical (unpaired) electrons. The van der Waals surface area contributed by atoms with E-state index in [2.05, 4.69) is 4.98 Å². The van der Waals surface area contributed by atoms with E-state index in [1.165, 1.54) is 6.07 Å². The predicted molar refractivity (Wildman–Crippen MR) is 51.1 cm³/mol. The van der Waals surface area contributed by atoms with Crippen LogP contribution in [0.3, 0.4) is 0 Å². The van der Waals surface area contributed by atoms with Gasteiger partial charge in [-0.05, 0) is 18.2 Å². The van der Waals surface area contributed by atoms with Crippen molar-refractivity contribution in [3.8, 4) is 0 Å². The molecule has 0 aliphatic heterocycles. The number of pyridine rings is 1. The quantitative estimate of drug-likeness (QED) is 0.520. The van der Waals surface area contributed by atoms with Crippen molar-refractivity contribution in [2.75, 3.05) is 5.73 Å². The Hall–Kier alpha value is -1.35. The number of benzene rings is 1. The molecule has 2 rings (SSSR count). The first-order valence-electron chi connectivity index (χ1n) is 3.68. The first-order chi connectivity index (χ1) is 6.18. The van der Waals surface area contributed by atoms with Gasteiger partial charge >= 0.3 is 0 Å². The van der Waals surface area contributed by atoms with E-state index in [0.717, 1.165) is 6.20 Å². The number of rotatable bonds is 0. The second kappa shape index (κ2) is 2.85. The molecule has 0 amide bonds. The SMILES string of the molecule is Nc1ccc2c(Cl)ncc(F)c2c1. The van der Waals surface area contributed by atoms with Gasteiger partial charge in [0.05, 0.1) is 6.20 Å². The fourth-order valence-electron chi connectivity index (χ4n) is 1.19. The van der Waals surface area contributed by atoms with Crippen LogP contribution in [0.5, 0.6) is 0 Å². The minimum Gasteiger partial charge on any atom is -0.399 e. The van der Waals surface area contributed by atoms with Crippen LogP contribution in [-0.2, 0) is 0 Å². The maximum Gasteiger partial charge on any atom is 0.149 e. The number of fused-ring (bicyclic) bond motifs is 1. The lowest BCUT2D eigenvalue weighted by Crippen LogP contribution is -1.88. The van der Waals surface area contributed by atoms with E-state index in [1.807, 2.05) is 0 Å². The Balaban J connectivity index is 2.92. The highest BCUT2D eigenvalue weighted by atomic mass is 35.5. The number of anilines is 1. The maximum atomic E-state index is 13.2. The van der Waals surface area contributed by atoms with Crippen molar-refractivity contribution in [2.45, 2.75) is 0 Å². The molecule has 0 atom stereocenters. The van der Waals surface area contributed by atoms with Crippen molar-refractivity contribution in [3.05, 3.63) is 35.4 Å². The summed E-state index contributed by atoms with van der Waals surface area (Å²) in [6.07, 6.45) is 1.09. The van der Waals surface area contributed by atoms with E-state index < -0.39 is 5.82 Å². The van der Waals surface area contributed by atoms with Crippen LogP contribution < -0.4 is 5.73 Å². The largest absolute Gasteiger partial charge is 0.399 e. The summed E-state index contributed by atoms with van der Waals surface area (Å²) in [5, 5.41) is 1.27. The highest BCUT2D eigenvalue weighted by Crippen LogP contribution is 2.25. The van der Waals surface area contributed by atoms with Gasteiger partial charge in [0.15, 0.2) is 0 Å². The first kappa shape index (κ1) is 8.26. The topological polar surface area (TPSA) is 38.9 Å². The van der Waals surface area contributed by atoms with E-state index in [0.29, 0.717) is 16.5 Å². The summed E-state index contributed by atoms with van der Waals surface area (Å²) < 4.78 is 13.2. The number of aromatic nitrogens is 1. The Morgan fingerprint density at radius 1 is 1.31 bits per heavy atom. The lowest BCUT2D eigenvalue weighted by molar-refractivity contribution is 0.634. The predicted octanol–water partition coefficient (Wildman–Crippen LogP) is 2.61. The summed E-state index contributed by atoms with van der Waals surface area (Å²) in [5.41, 5.74) is 6.02. The number of halogens is 2. The van der Waals surface area contributed by atoms with Gasteiger partial charge in [0.1, 0.15) is 11.0 Å². The van der Waals surface area contributed by atoms with Gasteiger partial charge in [-0.15, -0.1) is 0 Å². The summed E-state index contributed by atoms with van der Waals surface area (Å²) in [7, 11) is 0. The lowest BCUT2D eigenvalue weighted by Gasteiger charge is -2.01. The van der Waals surface area contributed by atoms with Crippen molar-refractivity contribution in [3.63, 3.8) is 0 Å². The summed E-state index contributed by atoms with van der Waals surface area (Å²) in [6, 6.07) is 4.86. The highest BCUT2D eigenvalue weighted by Gasteiger charge is 2.05. The molecule has 2 N–H and O–H groups in total. The van der Waals surface area contributed by atoms with Crippen LogP contribution in [0.2, 0.25) is 5.15 Å². The normalized spacial score (nSPS) is 10.6. The number of nitrogen functional groups attached to an aromatic ring is 1. The number of hydrogen-bond acceptors (Lipinski definition) is 2. The average Bonchev–Trinajstić information content (AvgIpc) is 2.12. The van der Waals surface area contributed by atoms with Crippen molar-refractivity contribution in [2.24, 2.45) is 0 Å². The third kappa shape index (κ3) is 1.31. The molecule has 4 heteroatoms. The molecule has 0 spiro atoms. The summed E-state index contributed by atoms with van der Waals surface area (Å²) in [6.45, 7) is 0. The average molecular weight is 197 g/mol. The maximum absolute atomic E-state index is 13.2. The third-order valence-electron chi connectivity index (χ3n) is 1.81. The molecule has 2 aromatic rings. The first-order valence-corrected chi connectivity index (χ1v) is 4.05. The molecule has 0 aliphatic carbocycles. The van der Waals surface area contributed by atoms with Crippen LogP contribution in [0.25, 0.3) is 10.8 Å². The van der Waals surface area contributed by atoms with Crippen LogP contribution in [0.1, 0.15) is 0 Å². The van der Waals surface area contributed by atoms with Gasteiger partial charge in [0.2, 0.25) is 0 Å². The van der Waals surface area contributed by atoms with E-state index in [4.69, 9.17) is 17.3 Å². The van der Waals surface area contributed by atoms with E-state index in [9.17, 15) is 4.39 Å². The van der Waals surface area contributed by atoms with E-state index in [1.54, 1.807) is 12.1 Å². The molecule has 2 nitrogen and oxygen atoms in total. The molecule has 1 aromatic heterocycles. The van der Waals surface area contributed by atoms with Gasteiger partial charge in [0, 0.05) is 16.5 Å². The zero-order valence-electron chi connectivity index (χ0n) is 6.59. The summed E-state index contributed by atoms with van der Waals surface area (Å²) >= 11 is 5.76. The van der Waals surface area contributed by atoms with Gasteiger partial charge in [-0.3, -0.25) is 0 Å².